The lowest BCUT2D eigenvalue weighted by atomic mass is 10.1. The van der Waals surface area contributed by atoms with Crippen LogP contribution in [-0.4, -0.2) is 4.98 Å². The highest BCUT2D eigenvalue weighted by molar-refractivity contribution is 7.10. The summed E-state index contributed by atoms with van der Waals surface area (Å²) in [4.78, 5) is 5.81. The maximum atomic E-state index is 6.23. The van der Waals surface area contributed by atoms with Gasteiger partial charge in [0.15, 0.2) is 0 Å². The van der Waals surface area contributed by atoms with Gasteiger partial charge >= 0.3 is 0 Å². The van der Waals surface area contributed by atoms with E-state index < -0.39 is 0 Å². The molecule has 1 unspecified atom stereocenters. The van der Waals surface area contributed by atoms with E-state index >= 15 is 0 Å². The molecule has 3 rings (SSSR count). The number of rotatable bonds is 4. The Bertz CT molecular complexity index is 710. The predicted molar refractivity (Wildman–Crippen MR) is 87.7 cm³/mol. The molecule has 4 heteroatoms. The zero-order chi connectivity index (χ0) is 13.9. The minimum Gasteiger partial charge on any atom is -0.376 e. The lowest BCUT2D eigenvalue weighted by molar-refractivity contribution is 0.765. The molecule has 1 aromatic carbocycles. The summed E-state index contributed by atoms with van der Waals surface area (Å²) >= 11 is 8.01. The molecule has 0 amide bonds. The first-order chi connectivity index (χ1) is 9.79. The molecule has 0 bridgehead atoms. The molecule has 3 aromatic rings. The van der Waals surface area contributed by atoms with Crippen molar-refractivity contribution < 1.29 is 0 Å². The standard InChI is InChI=1S/C16H15ClN2S/c1-2-13(15-6-4-10-20-15)19-14-8-7-12(17)11-5-3-9-18-16(11)14/h3-10,13,19H,2H2,1H3. The smallest absolute Gasteiger partial charge is 0.0948 e. The molecule has 1 atom stereocenters. The maximum absolute atomic E-state index is 6.23. The topological polar surface area (TPSA) is 24.9 Å². The number of hydrogen-bond donors (Lipinski definition) is 1. The number of fused-ring (bicyclic) bond motifs is 1. The van der Waals surface area contributed by atoms with Crippen LogP contribution in [0.5, 0.6) is 0 Å². The van der Waals surface area contributed by atoms with Crippen LogP contribution in [0.15, 0.2) is 48.0 Å². The summed E-state index contributed by atoms with van der Waals surface area (Å²) in [5, 5.41) is 7.42. The average Bonchev–Trinajstić information content (AvgIpc) is 3.01. The Kier molecular flexibility index (Phi) is 3.90. The van der Waals surface area contributed by atoms with Crippen LogP contribution in [0.3, 0.4) is 0 Å². The number of halogens is 1. The summed E-state index contributed by atoms with van der Waals surface area (Å²) in [6.45, 7) is 2.18. The third-order valence-corrected chi connectivity index (χ3v) is 4.66. The van der Waals surface area contributed by atoms with Crippen molar-refractivity contribution in [3.8, 4) is 0 Å². The molecule has 0 aliphatic carbocycles. The van der Waals surface area contributed by atoms with Gasteiger partial charge in [0.1, 0.15) is 0 Å². The van der Waals surface area contributed by atoms with Crippen LogP contribution >= 0.6 is 22.9 Å². The second kappa shape index (κ2) is 5.81. The van der Waals surface area contributed by atoms with Crippen molar-refractivity contribution >= 4 is 39.5 Å². The molecule has 2 heterocycles. The molecule has 0 fully saturated rings. The van der Waals surface area contributed by atoms with Gasteiger partial charge in [-0.2, -0.15) is 0 Å². The van der Waals surface area contributed by atoms with E-state index in [1.54, 1.807) is 17.5 Å². The van der Waals surface area contributed by atoms with Gasteiger partial charge in [-0.1, -0.05) is 24.6 Å². The van der Waals surface area contributed by atoms with Gasteiger partial charge in [-0.15, -0.1) is 11.3 Å². The number of nitrogens with one attached hydrogen (secondary N) is 1. The number of anilines is 1. The average molecular weight is 303 g/mol. The maximum Gasteiger partial charge on any atom is 0.0948 e. The van der Waals surface area contributed by atoms with Gasteiger partial charge in [0, 0.05) is 16.5 Å². The normalized spacial score (nSPS) is 12.5. The predicted octanol–water partition coefficient (Wildman–Crippen LogP) is 5.51. The highest BCUT2D eigenvalue weighted by Crippen LogP contribution is 2.32. The van der Waals surface area contributed by atoms with Gasteiger partial charge in [0.05, 0.1) is 22.3 Å². The number of hydrogen-bond acceptors (Lipinski definition) is 3. The van der Waals surface area contributed by atoms with Crippen molar-refractivity contribution in [1.29, 1.82) is 0 Å². The van der Waals surface area contributed by atoms with Crippen LogP contribution in [0.1, 0.15) is 24.3 Å². The second-order valence-electron chi connectivity index (χ2n) is 4.62. The van der Waals surface area contributed by atoms with Gasteiger partial charge in [0.25, 0.3) is 0 Å². The molecule has 102 valence electrons. The number of pyridine rings is 1. The third kappa shape index (κ3) is 2.51. The van der Waals surface area contributed by atoms with E-state index in [4.69, 9.17) is 11.6 Å². The van der Waals surface area contributed by atoms with Crippen LogP contribution in [0, 0.1) is 0 Å². The Hall–Kier alpha value is -1.58. The molecule has 20 heavy (non-hydrogen) atoms. The SMILES string of the molecule is CCC(Nc1ccc(Cl)c2cccnc12)c1cccs1. The zero-order valence-electron chi connectivity index (χ0n) is 11.1. The molecule has 0 spiro atoms. The summed E-state index contributed by atoms with van der Waals surface area (Å²) in [5.74, 6) is 0. The lowest BCUT2D eigenvalue weighted by Crippen LogP contribution is -2.08. The summed E-state index contributed by atoms with van der Waals surface area (Å²) in [5.41, 5.74) is 1.96. The van der Waals surface area contributed by atoms with E-state index in [1.807, 2.05) is 24.3 Å². The van der Waals surface area contributed by atoms with E-state index in [0.29, 0.717) is 6.04 Å². The highest BCUT2D eigenvalue weighted by Gasteiger charge is 2.13. The molecule has 0 aliphatic heterocycles. The molecular formula is C16H15ClN2S. The van der Waals surface area contributed by atoms with Gasteiger partial charge in [-0.3, -0.25) is 4.98 Å². The van der Waals surface area contributed by atoms with Gasteiger partial charge in [0.2, 0.25) is 0 Å². The minimum absolute atomic E-state index is 0.307. The number of nitrogens with zero attached hydrogens (tertiary/aromatic N) is 1. The number of aromatic nitrogens is 1. The first-order valence-corrected chi connectivity index (χ1v) is 7.88. The highest BCUT2D eigenvalue weighted by atomic mass is 35.5. The first-order valence-electron chi connectivity index (χ1n) is 6.62. The molecule has 2 nitrogen and oxygen atoms in total. The summed E-state index contributed by atoms with van der Waals surface area (Å²) in [6.07, 6.45) is 2.83. The lowest BCUT2D eigenvalue weighted by Gasteiger charge is -2.18. The van der Waals surface area contributed by atoms with E-state index in [9.17, 15) is 0 Å². The van der Waals surface area contributed by atoms with Crippen LogP contribution in [0.2, 0.25) is 5.02 Å². The Balaban J connectivity index is 2.00. The van der Waals surface area contributed by atoms with Crippen LogP contribution in [-0.2, 0) is 0 Å². The van der Waals surface area contributed by atoms with Crippen molar-refractivity contribution in [2.24, 2.45) is 0 Å². The number of benzene rings is 1. The zero-order valence-corrected chi connectivity index (χ0v) is 12.7. The molecule has 1 N–H and O–H groups in total. The molecule has 0 saturated heterocycles. The van der Waals surface area contributed by atoms with E-state index in [2.05, 4.69) is 34.7 Å². The fraction of sp³-hybridized carbons (Fsp3) is 0.188. The molecule has 0 aliphatic rings. The molecular weight excluding hydrogens is 288 g/mol. The van der Waals surface area contributed by atoms with Crippen LogP contribution in [0.4, 0.5) is 5.69 Å². The van der Waals surface area contributed by atoms with Crippen molar-refractivity contribution in [3.63, 3.8) is 0 Å². The Labute approximate surface area is 127 Å². The molecule has 0 radical (unpaired) electrons. The summed E-state index contributed by atoms with van der Waals surface area (Å²) < 4.78 is 0. The largest absolute Gasteiger partial charge is 0.376 e. The third-order valence-electron chi connectivity index (χ3n) is 3.34. The molecule has 0 saturated carbocycles. The van der Waals surface area contributed by atoms with Crippen LogP contribution < -0.4 is 5.32 Å². The van der Waals surface area contributed by atoms with Crippen molar-refractivity contribution in [2.45, 2.75) is 19.4 Å². The Morgan fingerprint density at radius 3 is 2.90 bits per heavy atom. The second-order valence-corrected chi connectivity index (χ2v) is 6.00. The van der Waals surface area contributed by atoms with Gasteiger partial charge < -0.3 is 5.32 Å². The van der Waals surface area contributed by atoms with Crippen molar-refractivity contribution in [3.05, 3.63) is 57.9 Å². The Morgan fingerprint density at radius 1 is 1.25 bits per heavy atom. The van der Waals surface area contributed by atoms with E-state index in [-0.39, 0.29) is 0 Å². The Morgan fingerprint density at radius 2 is 2.15 bits per heavy atom. The van der Waals surface area contributed by atoms with E-state index in [0.717, 1.165) is 28.0 Å². The fourth-order valence-electron chi connectivity index (χ4n) is 2.31. The van der Waals surface area contributed by atoms with Crippen molar-refractivity contribution in [1.82, 2.24) is 4.98 Å². The van der Waals surface area contributed by atoms with E-state index in [1.165, 1.54) is 4.88 Å². The van der Waals surface area contributed by atoms with Crippen molar-refractivity contribution in [2.75, 3.05) is 5.32 Å². The quantitative estimate of drug-likeness (QED) is 0.687. The van der Waals surface area contributed by atoms with Crippen LogP contribution in [0.25, 0.3) is 10.9 Å². The monoisotopic (exact) mass is 302 g/mol. The first kappa shape index (κ1) is 13.4. The minimum atomic E-state index is 0.307. The summed E-state index contributed by atoms with van der Waals surface area (Å²) in [7, 11) is 0. The summed E-state index contributed by atoms with van der Waals surface area (Å²) in [6, 6.07) is 12.4. The fourth-order valence-corrected chi connectivity index (χ4v) is 3.38. The molecule has 2 aromatic heterocycles. The van der Waals surface area contributed by atoms with Gasteiger partial charge in [-0.05, 0) is 42.1 Å². The number of thiophene rings is 1. The van der Waals surface area contributed by atoms with Gasteiger partial charge in [-0.25, -0.2) is 0 Å².